The van der Waals surface area contributed by atoms with E-state index in [9.17, 15) is 18.3 Å². The van der Waals surface area contributed by atoms with Crippen LogP contribution in [0.4, 0.5) is 0 Å². The van der Waals surface area contributed by atoms with Crippen LogP contribution >= 0.6 is 0 Å². The smallest absolute Gasteiger partial charge is 0.303 e. The van der Waals surface area contributed by atoms with E-state index in [4.69, 9.17) is 5.11 Å². The third-order valence-corrected chi connectivity index (χ3v) is 6.01. The Labute approximate surface area is 139 Å². The molecule has 136 valence electrons. The van der Waals surface area contributed by atoms with Crippen LogP contribution in [0.1, 0.15) is 71.1 Å². The molecule has 0 unspecified atom stereocenters. The largest absolute Gasteiger partial charge is 0.481 e. The third-order valence-electron chi connectivity index (χ3n) is 4.52. The Kier molecular flexibility index (Phi) is 9.09. The number of carboxylic acid groups (broad SMARTS) is 1. The van der Waals surface area contributed by atoms with E-state index in [1.165, 1.54) is 6.42 Å². The van der Waals surface area contributed by atoms with Crippen LogP contribution in [0.2, 0.25) is 0 Å². The van der Waals surface area contributed by atoms with Crippen molar-refractivity contribution in [1.29, 1.82) is 0 Å². The van der Waals surface area contributed by atoms with Gasteiger partial charge in [0, 0.05) is 6.04 Å². The van der Waals surface area contributed by atoms with Crippen molar-refractivity contribution >= 4 is 16.0 Å². The predicted octanol–water partition coefficient (Wildman–Crippen LogP) is 2.27. The molecule has 0 radical (unpaired) electrons. The van der Waals surface area contributed by atoms with E-state index >= 15 is 0 Å². The second kappa shape index (κ2) is 10.3. The molecule has 7 heteroatoms. The van der Waals surface area contributed by atoms with Crippen LogP contribution in [-0.4, -0.2) is 42.5 Å². The molecule has 0 amide bonds. The van der Waals surface area contributed by atoms with Crippen LogP contribution in [-0.2, 0) is 14.8 Å². The maximum Gasteiger partial charge on any atom is 0.303 e. The standard InChI is InChI=1S/C16H31NO5S/c1-2-3-4-5-6-7-11-23(21,22)17-14-10-8-9-13(16(14)20)12-15(18)19/h13-14,16-17,20H,2-12H2,1H3,(H,18,19)/t13-,14+,16-/m1/s1. The van der Waals surface area contributed by atoms with Gasteiger partial charge in [0.15, 0.2) is 0 Å². The van der Waals surface area contributed by atoms with Gasteiger partial charge in [-0.1, -0.05) is 45.4 Å². The number of rotatable bonds is 11. The first-order valence-corrected chi connectivity index (χ1v) is 10.4. The van der Waals surface area contributed by atoms with E-state index in [-0.39, 0.29) is 18.1 Å². The summed E-state index contributed by atoms with van der Waals surface area (Å²) in [5, 5.41) is 19.1. The molecule has 3 N–H and O–H groups in total. The van der Waals surface area contributed by atoms with E-state index < -0.39 is 28.1 Å². The zero-order valence-electron chi connectivity index (χ0n) is 14.0. The Morgan fingerprint density at radius 1 is 1.13 bits per heavy atom. The number of aliphatic carboxylic acids is 1. The van der Waals surface area contributed by atoms with Gasteiger partial charge in [-0.05, 0) is 25.2 Å². The number of unbranched alkanes of at least 4 members (excludes halogenated alkanes) is 5. The molecule has 0 saturated heterocycles. The van der Waals surface area contributed by atoms with E-state index in [0.29, 0.717) is 19.3 Å². The van der Waals surface area contributed by atoms with Crippen LogP contribution in [0.25, 0.3) is 0 Å². The molecular weight excluding hydrogens is 318 g/mol. The molecule has 0 aliphatic heterocycles. The van der Waals surface area contributed by atoms with Gasteiger partial charge in [0.05, 0.1) is 18.3 Å². The fourth-order valence-corrected chi connectivity index (χ4v) is 4.63. The number of aliphatic hydroxyl groups excluding tert-OH is 1. The Morgan fingerprint density at radius 2 is 1.78 bits per heavy atom. The average Bonchev–Trinajstić information content (AvgIpc) is 2.46. The molecule has 1 aliphatic rings. The number of aliphatic hydroxyl groups is 1. The lowest BCUT2D eigenvalue weighted by Crippen LogP contribution is -2.49. The van der Waals surface area contributed by atoms with Gasteiger partial charge >= 0.3 is 5.97 Å². The Balaban J connectivity index is 2.38. The Morgan fingerprint density at radius 3 is 2.43 bits per heavy atom. The topological polar surface area (TPSA) is 104 Å². The maximum absolute atomic E-state index is 12.1. The molecule has 6 nitrogen and oxygen atoms in total. The van der Waals surface area contributed by atoms with Crippen LogP contribution in [0.3, 0.4) is 0 Å². The highest BCUT2D eigenvalue weighted by atomic mass is 32.2. The van der Waals surface area contributed by atoms with Gasteiger partial charge < -0.3 is 10.2 Å². The molecule has 1 rings (SSSR count). The quantitative estimate of drug-likeness (QED) is 0.496. The fourth-order valence-electron chi connectivity index (χ4n) is 3.21. The molecule has 0 spiro atoms. The summed E-state index contributed by atoms with van der Waals surface area (Å²) >= 11 is 0. The van der Waals surface area contributed by atoms with Crippen LogP contribution in [0.15, 0.2) is 0 Å². The summed E-state index contributed by atoms with van der Waals surface area (Å²) in [6.45, 7) is 2.14. The number of carboxylic acids is 1. The molecule has 1 saturated carbocycles. The molecule has 3 atom stereocenters. The Hall–Kier alpha value is -0.660. The number of hydrogen-bond donors (Lipinski definition) is 3. The monoisotopic (exact) mass is 349 g/mol. The maximum atomic E-state index is 12.1. The molecule has 1 fully saturated rings. The first-order chi connectivity index (χ1) is 10.9. The zero-order chi connectivity index (χ0) is 17.3. The molecular formula is C16H31NO5S. The minimum absolute atomic E-state index is 0.0753. The van der Waals surface area contributed by atoms with Crippen molar-refractivity contribution in [3.05, 3.63) is 0 Å². The van der Waals surface area contributed by atoms with Crippen LogP contribution < -0.4 is 4.72 Å². The minimum atomic E-state index is -3.42. The average molecular weight is 349 g/mol. The van der Waals surface area contributed by atoms with Crippen molar-refractivity contribution in [1.82, 2.24) is 4.72 Å². The van der Waals surface area contributed by atoms with Gasteiger partial charge in [0.1, 0.15) is 0 Å². The number of hydrogen-bond acceptors (Lipinski definition) is 4. The van der Waals surface area contributed by atoms with Crippen molar-refractivity contribution < 1.29 is 23.4 Å². The summed E-state index contributed by atoms with van der Waals surface area (Å²) < 4.78 is 26.8. The van der Waals surface area contributed by atoms with Gasteiger partial charge in [-0.25, -0.2) is 13.1 Å². The van der Waals surface area contributed by atoms with Gasteiger partial charge in [-0.2, -0.15) is 0 Å². The van der Waals surface area contributed by atoms with Gasteiger partial charge in [0.25, 0.3) is 0 Å². The second-order valence-electron chi connectivity index (χ2n) is 6.59. The number of carbonyl (C=O) groups is 1. The summed E-state index contributed by atoms with van der Waals surface area (Å²) in [7, 11) is -3.42. The van der Waals surface area contributed by atoms with Crippen LogP contribution in [0, 0.1) is 5.92 Å². The highest BCUT2D eigenvalue weighted by Gasteiger charge is 2.35. The number of nitrogens with one attached hydrogen (secondary N) is 1. The molecule has 23 heavy (non-hydrogen) atoms. The molecule has 0 aromatic rings. The van der Waals surface area contributed by atoms with Crippen molar-refractivity contribution in [2.75, 3.05) is 5.75 Å². The molecule has 0 aromatic carbocycles. The molecule has 1 aliphatic carbocycles. The molecule has 0 aromatic heterocycles. The molecule has 0 bridgehead atoms. The predicted molar refractivity (Wildman–Crippen MR) is 89.7 cm³/mol. The van der Waals surface area contributed by atoms with E-state index in [1.807, 2.05) is 0 Å². The lowest BCUT2D eigenvalue weighted by atomic mass is 9.81. The SMILES string of the molecule is CCCCCCCCS(=O)(=O)N[C@H]1CCC[C@H](CC(=O)O)[C@H]1O. The van der Waals surface area contributed by atoms with Crippen molar-refractivity contribution in [3.63, 3.8) is 0 Å². The summed E-state index contributed by atoms with van der Waals surface area (Å²) in [6, 6.07) is -0.557. The van der Waals surface area contributed by atoms with Crippen LogP contribution in [0.5, 0.6) is 0 Å². The van der Waals surface area contributed by atoms with E-state index in [2.05, 4.69) is 11.6 Å². The summed E-state index contributed by atoms with van der Waals surface area (Å²) in [5.41, 5.74) is 0. The lowest BCUT2D eigenvalue weighted by Gasteiger charge is -2.34. The zero-order valence-corrected chi connectivity index (χ0v) is 14.9. The summed E-state index contributed by atoms with van der Waals surface area (Å²) in [4.78, 5) is 10.8. The first kappa shape index (κ1) is 20.4. The van der Waals surface area contributed by atoms with Gasteiger partial charge in [-0.15, -0.1) is 0 Å². The van der Waals surface area contributed by atoms with E-state index in [0.717, 1.165) is 32.1 Å². The van der Waals surface area contributed by atoms with Gasteiger partial charge in [-0.3, -0.25) is 4.79 Å². The summed E-state index contributed by atoms with van der Waals surface area (Å²) in [6.07, 6.45) is 6.96. The second-order valence-corrected chi connectivity index (χ2v) is 8.46. The first-order valence-electron chi connectivity index (χ1n) is 8.75. The third kappa shape index (κ3) is 8.13. The highest BCUT2D eigenvalue weighted by molar-refractivity contribution is 7.89. The van der Waals surface area contributed by atoms with Crippen molar-refractivity contribution in [3.8, 4) is 0 Å². The van der Waals surface area contributed by atoms with E-state index in [1.54, 1.807) is 0 Å². The number of sulfonamides is 1. The van der Waals surface area contributed by atoms with Crippen molar-refractivity contribution in [2.24, 2.45) is 5.92 Å². The van der Waals surface area contributed by atoms with Gasteiger partial charge in [0.2, 0.25) is 10.0 Å². The Bertz CT molecular complexity index is 451. The summed E-state index contributed by atoms with van der Waals surface area (Å²) in [5.74, 6) is -1.25. The fraction of sp³-hybridized carbons (Fsp3) is 0.938. The molecule has 0 heterocycles. The minimum Gasteiger partial charge on any atom is -0.481 e. The highest BCUT2D eigenvalue weighted by Crippen LogP contribution is 2.28. The van der Waals surface area contributed by atoms with Crippen molar-refractivity contribution in [2.45, 2.75) is 83.3 Å². The normalized spacial score (nSPS) is 25.4. The lowest BCUT2D eigenvalue weighted by molar-refractivity contribution is -0.139.